The van der Waals surface area contributed by atoms with Crippen molar-refractivity contribution in [1.29, 1.82) is 0 Å². The highest BCUT2D eigenvalue weighted by molar-refractivity contribution is 5.96. The largest absolute Gasteiger partial charge is 0.395 e. The Kier molecular flexibility index (Phi) is 6.98. The number of hydrogen-bond donors (Lipinski definition) is 1. The molecule has 0 spiro atoms. The summed E-state index contributed by atoms with van der Waals surface area (Å²) in [7, 11) is 1.86. The second-order valence-electron chi connectivity index (χ2n) is 5.14. The number of rotatable bonds is 5. The third-order valence-electron chi connectivity index (χ3n) is 3.83. The molecule has 1 aromatic carbocycles. The molecule has 0 radical (unpaired) electrons. The van der Waals surface area contributed by atoms with Crippen molar-refractivity contribution in [2.45, 2.75) is 46.1 Å². The Bertz CT molecular complexity index is 536. The maximum absolute atomic E-state index is 12.6. The fraction of sp³-hybridized carbons (Fsp3) is 0.500. The summed E-state index contributed by atoms with van der Waals surface area (Å²) in [6.45, 7) is 6.18. The SMILES string of the molecule is CCC(CC)N(C)C(=O)c1cccc(C#CCCO)c1C. The van der Waals surface area contributed by atoms with Crippen molar-refractivity contribution in [3.63, 3.8) is 0 Å². The topological polar surface area (TPSA) is 40.5 Å². The summed E-state index contributed by atoms with van der Waals surface area (Å²) in [5.74, 6) is 5.98. The molecular weight excluding hydrogens is 262 g/mol. The fourth-order valence-electron chi connectivity index (χ4n) is 2.41. The van der Waals surface area contributed by atoms with Gasteiger partial charge in [-0.1, -0.05) is 31.8 Å². The predicted molar refractivity (Wildman–Crippen MR) is 86.2 cm³/mol. The fourth-order valence-corrected chi connectivity index (χ4v) is 2.41. The third-order valence-corrected chi connectivity index (χ3v) is 3.83. The van der Waals surface area contributed by atoms with Gasteiger partial charge in [-0.15, -0.1) is 0 Å². The maximum Gasteiger partial charge on any atom is 0.254 e. The van der Waals surface area contributed by atoms with Crippen LogP contribution in [0.25, 0.3) is 0 Å². The molecular formula is C18H25NO2. The van der Waals surface area contributed by atoms with Crippen LogP contribution in [0.15, 0.2) is 18.2 Å². The van der Waals surface area contributed by atoms with Crippen molar-refractivity contribution < 1.29 is 9.90 Å². The molecule has 0 aromatic heterocycles. The zero-order valence-corrected chi connectivity index (χ0v) is 13.4. The summed E-state index contributed by atoms with van der Waals surface area (Å²) in [6.07, 6.45) is 2.35. The lowest BCUT2D eigenvalue weighted by Crippen LogP contribution is -2.36. The van der Waals surface area contributed by atoms with Crippen molar-refractivity contribution in [2.24, 2.45) is 0 Å². The average molecular weight is 287 g/mol. The number of nitrogens with zero attached hydrogens (tertiary/aromatic N) is 1. The number of amides is 1. The molecule has 0 unspecified atom stereocenters. The van der Waals surface area contributed by atoms with Crippen molar-refractivity contribution >= 4 is 5.91 Å². The first-order valence-corrected chi connectivity index (χ1v) is 7.53. The summed E-state index contributed by atoms with van der Waals surface area (Å²) in [4.78, 5) is 14.5. The minimum Gasteiger partial charge on any atom is -0.395 e. The highest BCUT2D eigenvalue weighted by Gasteiger charge is 2.20. The molecule has 0 saturated heterocycles. The lowest BCUT2D eigenvalue weighted by atomic mass is 10.0. The summed E-state index contributed by atoms with van der Waals surface area (Å²) in [5, 5.41) is 8.78. The van der Waals surface area contributed by atoms with E-state index in [0.717, 1.165) is 24.0 Å². The van der Waals surface area contributed by atoms with Gasteiger partial charge in [-0.25, -0.2) is 0 Å². The second-order valence-corrected chi connectivity index (χ2v) is 5.14. The van der Waals surface area contributed by atoms with E-state index in [1.807, 2.05) is 37.1 Å². The van der Waals surface area contributed by atoms with Gasteiger partial charge in [0.05, 0.1) is 6.61 Å². The van der Waals surface area contributed by atoms with E-state index in [1.54, 1.807) is 0 Å². The van der Waals surface area contributed by atoms with E-state index in [1.165, 1.54) is 0 Å². The molecule has 1 N–H and O–H groups in total. The average Bonchev–Trinajstić information content (AvgIpc) is 2.49. The smallest absolute Gasteiger partial charge is 0.254 e. The van der Waals surface area contributed by atoms with Crippen LogP contribution in [0, 0.1) is 18.8 Å². The van der Waals surface area contributed by atoms with Crippen LogP contribution in [0.4, 0.5) is 0 Å². The minimum atomic E-state index is 0.0482. The van der Waals surface area contributed by atoms with E-state index in [-0.39, 0.29) is 18.6 Å². The molecule has 0 saturated carbocycles. The Labute approximate surface area is 128 Å². The molecule has 21 heavy (non-hydrogen) atoms. The van der Waals surface area contributed by atoms with Gasteiger partial charge in [-0.3, -0.25) is 4.79 Å². The Morgan fingerprint density at radius 2 is 2.00 bits per heavy atom. The molecule has 3 heteroatoms. The van der Waals surface area contributed by atoms with E-state index in [0.29, 0.717) is 12.0 Å². The molecule has 3 nitrogen and oxygen atoms in total. The van der Waals surface area contributed by atoms with Gasteiger partial charge in [0.25, 0.3) is 5.91 Å². The van der Waals surface area contributed by atoms with Gasteiger partial charge in [-0.2, -0.15) is 0 Å². The van der Waals surface area contributed by atoms with E-state index in [2.05, 4.69) is 25.7 Å². The second kappa shape index (κ2) is 8.49. The standard InChI is InChI=1S/C18H25NO2/c1-5-16(6-2)19(4)18(21)17-12-9-11-15(14(17)3)10-7-8-13-20/h9,11-12,16,20H,5-6,8,13H2,1-4H3. The van der Waals surface area contributed by atoms with Crippen LogP contribution in [-0.4, -0.2) is 35.6 Å². The van der Waals surface area contributed by atoms with Crippen LogP contribution in [0.3, 0.4) is 0 Å². The molecule has 0 fully saturated rings. The monoisotopic (exact) mass is 287 g/mol. The normalized spacial score (nSPS) is 10.2. The molecule has 0 atom stereocenters. The highest BCUT2D eigenvalue weighted by Crippen LogP contribution is 2.17. The van der Waals surface area contributed by atoms with E-state index in [9.17, 15) is 4.79 Å². The predicted octanol–water partition coefficient (Wildman–Crippen LogP) is 2.99. The Hall–Kier alpha value is -1.79. The quantitative estimate of drug-likeness (QED) is 0.846. The zero-order chi connectivity index (χ0) is 15.8. The summed E-state index contributed by atoms with van der Waals surface area (Å²) in [5.41, 5.74) is 2.47. The summed E-state index contributed by atoms with van der Waals surface area (Å²) in [6, 6.07) is 5.90. The number of carbonyl (C=O) groups is 1. The van der Waals surface area contributed by atoms with Crippen molar-refractivity contribution in [3.05, 3.63) is 34.9 Å². The number of benzene rings is 1. The molecule has 0 aliphatic rings. The highest BCUT2D eigenvalue weighted by atomic mass is 16.2. The van der Waals surface area contributed by atoms with Gasteiger partial charge in [-0.05, 0) is 37.5 Å². The lowest BCUT2D eigenvalue weighted by molar-refractivity contribution is 0.0723. The minimum absolute atomic E-state index is 0.0482. The van der Waals surface area contributed by atoms with E-state index in [4.69, 9.17) is 5.11 Å². The van der Waals surface area contributed by atoms with Crippen LogP contribution in [0.2, 0.25) is 0 Å². The van der Waals surface area contributed by atoms with Crippen molar-refractivity contribution in [1.82, 2.24) is 4.90 Å². The van der Waals surface area contributed by atoms with Gasteiger partial charge >= 0.3 is 0 Å². The van der Waals surface area contributed by atoms with Crippen molar-refractivity contribution in [2.75, 3.05) is 13.7 Å². The number of carbonyl (C=O) groups excluding carboxylic acids is 1. The van der Waals surface area contributed by atoms with Gasteiger partial charge in [0.1, 0.15) is 0 Å². The molecule has 1 amide bonds. The van der Waals surface area contributed by atoms with Gasteiger partial charge < -0.3 is 10.0 Å². The van der Waals surface area contributed by atoms with Crippen LogP contribution >= 0.6 is 0 Å². The maximum atomic E-state index is 12.6. The van der Waals surface area contributed by atoms with Crippen LogP contribution in [0.1, 0.15) is 54.6 Å². The Balaban J connectivity index is 3.06. The molecule has 1 aromatic rings. The number of hydrogen-bond acceptors (Lipinski definition) is 2. The van der Waals surface area contributed by atoms with E-state index >= 15 is 0 Å². The molecule has 0 bridgehead atoms. The number of aliphatic hydroxyl groups excluding tert-OH is 1. The zero-order valence-electron chi connectivity index (χ0n) is 13.4. The molecule has 1 rings (SSSR count). The van der Waals surface area contributed by atoms with Crippen LogP contribution < -0.4 is 0 Å². The Morgan fingerprint density at radius 3 is 2.57 bits per heavy atom. The first kappa shape index (κ1) is 17.3. The first-order valence-electron chi connectivity index (χ1n) is 7.53. The summed E-state index contributed by atoms with van der Waals surface area (Å²) < 4.78 is 0. The van der Waals surface area contributed by atoms with Gasteiger partial charge in [0.2, 0.25) is 0 Å². The third kappa shape index (κ3) is 4.34. The Morgan fingerprint density at radius 1 is 1.33 bits per heavy atom. The summed E-state index contributed by atoms with van der Waals surface area (Å²) >= 11 is 0. The van der Waals surface area contributed by atoms with Crippen LogP contribution in [-0.2, 0) is 0 Å². The van der Waals surface area contributed by atoms with Gasteiger partial charge in [0.15, 0.2) is 0 Å². The first-order chi connectivity index (χ1) is 10.1. The number of aliphatic hydroxyl groups is 1. The molecule has 0 heterocycles. The molecule has 114 valence electrons. The van der Waals surface area contributed by atoms with Gasteiger partial charge in [0, 0.05) is 30.6 Å². The van der Waals surface area contributed by atoms with Crippen molar-refractivity contribution in [3.8, 4) is 11.8 Å². The molecule has 0 aliphatic heterocycles. The molecule has 0 aliphatic carbocycles. The van der Waals surface area contributed by atoms with E-state index < -0.39 is 0 Å². The lowest BCUT2D eigenvalue weighted by Gasteiger charge is -2.27. The van der Waals surface area contributed by atoms with Crippen LogP contribution in [0.5, 0.6) is 0 Å².